The average Bonchev–Trinajstić information content (AvgIpc) is 2.08. The van der Waals surface area contributed by atoms with Crippen molar-refractivity contribution >= 4 is 15.7 Å². The molecule has 1 rings (SSSR count). The zero-order valence-corrected chi connectivity index (χ0v) is 8.87. The van der Waals surface area contributed by atoms with Gasteiger partial charge in [0.25, 0.3) is 5.91 Å². The molecule has 1 N–H and O–H groups in total. The lowest BCUT2D eigenvalue weighted by Crippen LogP contribution is -2.69. The second kappa shape index (κ2) is 3.48. The molecule has 82 valence electrons. The molecule has 1 amide bonds. The number of hydrogen-bond acceptors (Lipinski definition) is 5. The standard InChI is InChI=1S/C7H13NO5S/c1-3-4-7(14(2,11)12)5-8(13-10)6(7)9/h10H,3-5H2,1-2H3/t7-/m0/s1. The lowest BCUT2D eigenvalue weighted by atomic mass is 9.95. The largest absolute Gasteiger partial charge is 0.271 e. The molecule has 1 aliphatic rings. The highest BCUT2D eigenvalue weighted by Crippen LogP contribution is 2.34. The topological polar surface area (TPSA) is 83.9 Å². The number of amides is 1. The summed E-state index contributed by atoms with van der Waals surface area (Å²) in [6.07, 6.45) is 1.86. The molecule has 14 heavy (non-hydrogen) atoms. The minimum atomic E-state index is -3.46. The Morgan fingerprint density at radius 2 is 2.21 bits per heavy atom. The Morgan fingerprint density at radius 3 is 2.50 bits per heavy atom. The van der Waals surface area contributed by atoms with Gasteiger partial charge < -0.3 is 0 Å². The molecule has 0 saturated carbocycles. The van der Waals surface area contributed by atoms with Crippen molar-refractivity contribution in [3.05, 3.63) is 0 Å². The van der Waals surface area contributed by atoms with Gasteiger partial charge in [0, 0.05) is 6.26 Å². The first-order valence-electron chi connectivity index (χ1n) is 4.22. The van der Waals surface area contributed by atoms with Gasteiger partial charge in [0.2, 0.25) is 0 Å². The van der Waals surface area contributed by atoms with Gasteiger partial charge >= 0.3 is 0 Å². The normalized spacial score (nSPS) is 27.6. The van der Waals surface area contributed by atoms with Crippen LogP contribution in [0.5, 0.6) is 0 Å². The molecule has 0 aromatic heterocycles. The van der Waals surface area contributed by atoms with Crippen LogP contribution >= 0.6 is 0 Å². The molecule has 1 aliphatic heterocycles. The van der Waals surface area contributed by atoms with Crippen molar-refractivity contribution in [3.8, 4) is 0 Å². The summed E-state index contributed by atoms with van der Waals surface area (Å²) >= 11 is 0. The lowest BCUT2D eigenvalue weighted by molar-refractivity contribution is -0.394. The van der Waals surface area contributed by atoms with E-state index in [1.807, 2.05) is 0 Å². The Labute approximate surface area is 82.3 Å². The Bertz CT molecular complexity index is 338. The van der Waals surface area contributed by atoms with Crippen molar-refractivity contribution in [2.24, 2.45) is 0 Å². The summed E-state index contributed by atoms with van der Waals surface area (Å²) in [7, 11) is -3.46. The van der Waals surface area contributed by atoms with Crippen LogP contribution in [0.15, 0.2) is 0 Å². The number of carbonyl (C=O) groups is 1. The van der Waals surface area contributed by atoms with E-state index in [0.29, 0.717) is 11.5 Å². The van der Waals surface area contributed by atoms with E-state index in [9.17, 15) is 13.2 Å². The fraction of sp³-hybridized carbons (Fsp3) is 0.857. The number of rotatable bonds is 4. The summed E-state index contributed by atoms with van der Waals surface area (Å²) in [5.74, 6) is -0.690. The van der Waals surface area contributed by atoms with Crippen molar-refractivity contribution in [3.63, 3.8) is 0 Å². The van der Waals surface area contributed by atoms with Crippen LogP contribution in [0, 0.1) is 0 Å². The molecule has 7 heteroatoms. The van der Waals surface area contributed by atoms with Crippen molar-refractivity contribution in [2.45, 2.75) is 24.5 Å². The van der Waals surface area contributed by atoms with Crippen LogP contribution in [0.1, 0.15) is 19.8 Å². The summed E-state index contributed by atoms with van der Waals surface area (Å²) in [5, 5.41) is 8.87. The van der Waals surface area contributed by atoms with Crippen LogP contribution in [0.25, 0.3) is 0 Å². The van der Waals surface area contributed by atoms with Gasteiger partial charge in [0.1, 0.15) is 0 Å². The van der Waals surface area contributed by atoms with E-state index >= 15 is 0 Å². The highest BCUT2D eigenvalue weighted by atomic mass is 32.2. The maximum atomic E-state index is 11.4. The average molecular weight is 223 g/mol. The molecule has 1 heterocycles. The number of hydrogen-bond donors (Lipinski definition) is 1. The molecule has 0 bridgehead atoms. The molecule has 1 saturated heterocycles. The highest BCUT2D eigenvalue weighted by molar-refractivity contribution is 7.93. The molecule has 0 spiro atoms. The number of carbonyl (C=O) groups excluding carboxylic acids is 1. The molecule has 1 atom stereocenters. The monoisotopic (exact) mass is 223 g/mol. The van der Waals surface area contributed by atoms with E-state index in [-0.39, 0.29) is 13.0 Å². The maximum absolute atomic E-state index is 11.4. The first kappa shape index (κ1) is 11.4. The number of nitrogens with zero attached hydrogens (tertiary/aromatic N) is 1. The Morgan fingerprint density at radius 1 is 1.64 bits per heavy atom. The van der Waals surface area contributed by atoms with Crippen LogP contribution in [0.2, 0.25) is 0 Å². The van der Waals surface area contributed by atoms with Crippen LogP contribution < -0.4 is 0 Å². The predicted molar refractivity (Wildman–Crippen MR) is 47.9 cm³/mol. The molecule has 0 aromatic carbocycles. The van der Waals surface area contributed by atoms with E-state index in [1.54, 1.807) is 6.92 Å². The van der Waals surface area contributed by atoms with Crippen LogP contribution in [0.3, 0.4) is 0 Å². The lowest BCUT2D eigenvalue weighted by Gasteiger charge is -2.43. The molecule has 0 radical (unpaired) electrons. The number of hydroxylamine groups is 2. The molecule has 0 aromatic rings. The van der Waals surface area contributed by atoms with Gasteiger partial charge in [-0.1, -0.05) is 13.3 Å². The Hall–Kier alpha value is -0.660. The van der Waals surface area contributed by atoms with Gasteiger partial charge in [-0.15, -0.1) is 4.99 Å². The maximum Gasteiger partial charge on any atom is 0.271 e. The summed E-state index contributed by atoms with van der Waals surface area (Å²) in [4.78, 5) is 15.1. The molecular weight excluding hydrogens is 210 g/mol. The third kappa shape index (κ3) is 1.41. The summed E-state index contributed by atoms with van der Waals surface area (Å²) < 4.78 is 21.4. The molecule has 0 unspecified atom stereocenters. The van der Waals surface area contributed by atoms with Crippen LogP contribution in [0.4, 0.5) is 0 Å². The summed E-state index contributed by atoms with van der Waals surface area (Å²) in [5.41, 5.74) is 0. The van der Waals surface area contributed by atoms with Crippen LogP contribution in [-0.2, 0) is 19.6 Å². The second-order valence-corrected chi connectivity index (χ2v) is 5.77. The van der Waals surface area contributed by atoms with E-state index < -0.39 is 20.5 Å². The fourth-order valence-corrected chi connectivity index (χ4v) is 2.97. The first-order valence-corrected chi connectivity index (χ1v) is 6.11. The zero-order valence-electron chi connectivity index (χ0n) is 8.06. The molecular formula is C7H13NO5S. The van der Waals surface area contributed by atoms with E-state index in [4.69, 9.17) is 5.26 Å². The van der Waals surface area contributed by atoms with Gasteiger partial charge in [-0.3, -0.25) is 4.79 Å². The Kier molecular flexibility index (Phi) is 2.84. The Balaban J connectivity index is 2.95. The third-order valence-electron chi connectivity index (χ3n) is 2.48. The van der Waals surface area contributed by atoms with Crippen molar-refractivity contribution in [1.29, 1.82) is 0 Å². The van der Waals surface area contributed by atoms with E-state index in [2.05, 4.69) is 4.99 Å². The number of β-lactam (4-membered cyclic amide) rings is 1. The van der Waals surface area contributed by atoms with Gasteiger partial charge in [0.15, 0.2) is 14.6 Å². The predicted octanol–water partition coefficient (Wildman–Crippen LogP) is -0.183. The highest BCUT2D eigenvalue weighted by Gasteiger charge is 2.60. The molecule has 0 aliphatic carbocycles. The van der Waals surface area contributed by atoms with Crippen molar-refractivity contribution in [1.82, 2.24) is 5.06 Å². The molecule has 1 fully saturated rings. The fourth-order valence-electron chi connectivity index (χ4n) is 1.62. The number of sulfone groups is 1. The quantitative estimate of drug-likeness (QED) is 0.406. The van der Waals surface area contributed by atoms with Gasteiger partial charge in [0.05, 0.1) is 6.54 Å². The van der Waals surface area contributed by atoms with E-state index in [1.165, 1.54) is 0 Å². The summed E-state index contributed by atoms with van der Waals surface area (Å²) in [6.45, 7) is 1.69. The first-order chi connectivity index (χ1) is 6.39. The van der Waals surface area contributed by atoms with Gasteiger partial charge in [-0.05, 0) is 6.42 Å². The summed E-state index contributed by atoms with van der Waals surface area (Å²) in [6, 6.07) is 0. The smallest absolute Gasteiger partial charge is 0.271 e. The van der Waals surface area contributed by atoms with Crippen molar-refractivity contribution in [2.75, 3.05) is 12.8 Å². The molecule has 6 nitrogen and oxygen atoms in total. The SMILES string of the molecule is CCC[C@]1(S(C)(=O)=O)CN(OO)C1=O. The zero-order chi connectivity index (χ0) is 11.0. The van der Waals surface area contributed by atoms with Crippen LogP contribution in [-0.4, -0.2) is 42.2 Å². The van der Waals surface area contributed by atoms with Crippen molar-refractivity contribution < 1.29 is 23.5 Å². The minimum Gasteiger partial charge on any atom is -0.271 e. The van der Waals surface area contributed by atoms with Gasteiger partial charge in [-0.2, -0.15) is 5.06 Å². The minimum absolute atomic E-state index is 0.102. The van der Waals surface area contributed by atoms with Gasteiger partial charge in [-0.25, -0.2) is 13.7 Å². The second-order valence-electron chi connectivity index (χ2n) is 3.44. The van der Waals surface area contributed by atoms with E-state index in [0.717, 1.165) is 6.26 Å². The third-order valence-corrected chi connectivity index (χ3v) is 4.40.